The Hall–Kier alpha value is -1.57. The minimum absolute atomic E-state index is 0.324. The Morgan fingerprint density at radius 3 is 2.47 bits per heavy atom. The molecule has 2 aromatic rings. The summed E-state index contributed by atoms with van der Waals surface area (Å²) in [5, 5.41) is 12.8. The van der Waals surface area contributed by atoms with Gasteiger partial charge in [-0.2, -0.15) is 5.26 Å². The zero-order valence-electron chi connectivity index (χ0n) is 9.70. The zero-order valence-corrected chi connectivity index (χ0v) is 12.0. The maximum atomic E-state index is 12.9. The van der Waals surface area contributed by atoms with Gasteiger partial charge in [0.25, 0.3) is 0 Å². The van der Waals surface area contributed by atoms with Crippen LogP contribution in [0.3, 0.4) is 0 Å². The van der Waals surface area contributed by atoms with Gasteiger partial charge in [0.1, 0.15) is 11.9 Å². The van der Waals surface area contributed by atoms with Crippen LogP contribution in [0.2, 0.25) is 5.02 Å². The van der Waals surface area contributed by atoms with E-state index >= 15 is 0 Å². The molecule has 0 saturated carbocycles. The van der Waals surface area contributed by atoms with E-state index in [4.69, 9.17) is 11.6 Å². The van der Waals surface area contributed by atoms with Crippen molar-refractivity contribution in [3.8, 4) is 6.07 Å². The van der Waals surface area contributed by atoms with Crippen LogP contribution in [-0.4, -0.2) is 0 Å². The Morgan fingerprint density at radius 1 is 1.21 bits per heavy atom. The molecule has 19 heavy (non-hydrogen) atoms. The van der Waals surface area contributed by atoms with Crippen molar-refractivity contribution in [2.75, 3.05) is 5.32 Å². The molecule has 96 valence electrons. The first kappa shape index (κ1) is 13.9. The van der Waals surface area contributed by atoms with E-state index < -0.39 is 6.04 Å². The van der Waals surface area contributed by atoms with Crippen molar-refractivity contribution in [1.29, 1.82) is 5.26 Å². The lowest BCUT2D eigenvalue weighted by Crippen LogP contribution is -2.08. The van der Waals surface area contributed by atoms with E-state index in [0.717, 1.165) is 10.2 Å². The van der Waals surface area contributed by atoms with Gasteiger partial charge in [0.05, 0.1) is 11.1 Å². The van der Waals surface area contributed by atoms with Crippen molar-refractivity contribution >= 4 is 33.2 Å². The second-order valence-corrected chi connectivity index (χ2v) is 5.15. The molecule has 0 aliphatic rings. The third kappa shape index (κ3) is 3.46. The van der Waals surface area contributed by atoms with Crippen molar-refractivity contribution in [2.45, 2.75) is 6.04 Å². The molecule has 2 aromatic carbocycles. The van der Waals surface area contributed by atoms with Crippen molar-refractivity contribution in [2.24, 2.45) is 0 Å². The monoisotopic (exact) mass is 338 g/mol. The molecule has 1 unspecified atom stereocenters. The average molecular weight is 340 g/mol. The topological polar surface area (TPSA) is 35.8 Å². The third-order valence-corrected chi connectivity index (χ3v) is 3.78. The summed E-state index contributed by atoms with van der Waals surface area (Å²) in [6.45, 7) is 0. The Labute approximate surface area is 123 Å². The highest BCUT2D eigenvalue weighted by Crippen LogP contribution is 2.27. The van der Waals surface area contributed by atoms with Gasteiger partial charge >= 0.3 is 0 Å². The van der Waals surface area contributed by atoms with Crippen LogP contribution in [0.15, 0.2) is 46.9 Å². The van der Waals surface area contributed by atoms with Crippen LogP contribution in [0, 0.1) is 17.1 Å². The summed E-state index contributed by atoms with van der Waals surface area (Å²) in [6.07, 6.45) is 0. The number of nitrogens with zero attached hydrogens (tertiary/aromatic N) is 1. The summed E-state index contributed by atoms with van der Waals surface area (Å²) in [5.74, 6) is -0.324. The van der Waals surface area contributed by atoms with E-state index in [9.17, 15) is 9.65 Å². The first-order valence-corrected chi connectivity index (χ1v) is 6.64. The van der Waals surface area contributed by atoms with Gasteiger partial charge in [0, 0.05) is 10.2 Å². The molecule has 1 N–H and O–H groups in total. The molecule has 5 heteroatoms. The number of hydrogen-bond acceptors (Lipinski definition) is 2. The SMILES string of the molecule is N#CC(Nc1ccc(Cl)c(Br)c1)c1ccc(F)cc1. The molecule has 0 saturated heterocycles. The fourth-order valence-corrected chi connectivity index (χ4v) is 2.09. The Bertz CT molecular complexity index is 622. The van der Waals surface area contributed by atoms with Crippen LogP contribution in [-0.2, 0) is 0 Å². The molecular weight excluding hydrogens is 331 g/mol. The normalized spacial score (nSPS) is 11.7. The highest BCUT2D eigenvalue weighted by Gasteiger charge is 2.10. The number of nitrogens with one attached hydrogen (secondary N) is 1. The lowest BCUT2D eigenvalue weighted by atomic mass is 10.1. The van der Waals surface area contributed by atoms with Gasteiger partial charge in [-0.05, 0) is 51.8 Å². The number of rotatable bonds is 3. The molecule has 2 nitrogen and oxygen atoms in total. The second-order valence-electron chi connectivity index (χ2n) is 3.89. The Kier molecular flexibility index (Phi) is 4.41. The maximum absolute atomic E-state index is 12.9. The van der Waals surface area contributed by atoms with E-state index in [1.807, 2.05) is 0 Å². The van der Waals surface area contributed by atoms with E-state index in [1.165, 1.54) is 12.1 Å². The second kappa shape index (κ2) is 6.05. The van der Waals surface area contributed by atoms with Crippen LogP contribution in [0.4, 0.5) is 10.1 Å². The standard InChI is InChI=1S/C14H9BrClFN2/c15-12-7-11(5-6-13(12)16)19-14(8-18)9-1-3-10(17)4-2-9/h1-7,14,19H. The molecule has 0 heterocycles. The highest BCUT2D eigenvalue weighted by atomic mass is 79.9. The Morgan fingerprint density at radius 2 is 1.89 bits per heavy atom. The molecule has 0 aliphatic carbocycles. The predicted molar refractivity (Wildman–Crippen MR) is 77.5 cm³/mol. The molecule has 0 aromatic heterocycles. The lowest BCUT2D eigenvalue weighted by Gasteiger charge is -2.13. The third-order valence-electron chi connectivity index (χ3n) is 2.56. The fraction of sp³-hybridized carbons (Fsp3) is 0.0714. The van der Waals surface area contributed by atoms with Gasteiger partial charge in [-0.3, -0.25) is 0 Å². The molecule has 0 aliphatic heterocycles. The van der Waals surface area contributed by atoms with Crippen molar-refractivity contribution < 1.29 is 4.39 Å². The van der Waals surface area contributed by atoms with Gasteiger partial charge in [-0.25, -0.2) is 4.39 Å². The largest absolute Gasteiger partial charge is 0.366 e. The number of hydrogen-bond donors (Lipinski definition) is 1. The molecule has 1 atom stereocenters. The van der Waals surface area contributed by atoms with Gasteiger partial charge in [-0.15, -0.1) is 0 Å². The van der Waals surface area contributed by atoms with Crippen LogP contribution < -0.4 is 5.32 Å². The van der Waals surface area contributed by atoms with Crippen LogP contribution in [0.5, 0.6) is 0 Å². The smallest absolute Gasteiger partial charge is 0.140 e. The Balaban J connectivity index is 2.22. The minimum Gasteiger partial charge on any atom is -0.366 e. The maximum Gasteiger partial charge on any atom is 0.140 e. The van der Waals surface area contributed by atoms with Crippen LogP contribution >= 0.6 is 27.5 Å². The van der Waals surface area contributed by atoms with E-state index in [1.54, 1.807) is 30.3 Å². The highest BCUT2D eigenvalue weighted by molar-refractivity contribution is 9.10. The van der Waals surface area contributed by atoms with Crippen molar-refractivity contribution in [1.82, 2.24) is 0 Å². The summed E-state index contributed by atoms with van der Waals surface area (Å²) >= 11 is 9.22. The molecule has 0 radical (unpaired) electrons. The molecule has 2 rings (SSSR count). The number of benzene rings is 2. The quantitative estimate of drug-likeness (QED) is 0.861. The van der Waals surface area contributed by atoms with Crippen LogP contribution in [0.1, 0.15) is 11.6 Å². The summed E-state index contributed by atoms with van der Waals surface area (Å²) in [5.41, 5.74) is 1.46. The molecule has 0 bridgehead atoms. The predicted octanol–water partition coefficient (Wildman–Crippen LogP) is 4.92. The zero-order chi connectivity index (χ0) is 13.8. The first-order valence-electron chi connectivity index (χ1n) is 5.47. The summed E-state index contributed by atoms with van der Waals surface area (Å²) in [7, 11) is 0. The number of anilines is 1. The summed E-state index contributed by atoms with van der Waals surface area (Å²) < 4.78 is 13.6. The van der Waals surface area contributed by atoms with Gasteiger partial charge in [0.15, 0.2) is 0 Å². The van der Waals surface area contributed by atoms with E-state index in [2.05, 4.69) is 27.3 Å². The summed E-state index contributed by atoms with van der Waals surface area (Å²) in [4.78, 5) is 0. The lowest BCUT2D eigenvalue weighted by molar-refractivity contribution is 0.627. The molecule has 0 spiro atoms. The van der Waals surface area contributed by atoms with Gasteiger partial charge in [-0.1, -0.05) is 23.7 Å². The molecular formula is C14H9BrClFN2. The summed E-state index contributed by atoms with van der Waals surface area (Å²) in [6, 6.07) is 12.7. The number of halogens is 3. The van der Waals surface area contributed by atoms with Gasteiger partial charge in [0.2, 0.25) is 0 Å². The number of nitriles is 1. The molecule has 0 fully saturated rings. The van der Waals surface area contributed by atoms with E-state index in [0.29, 0.717) is 10.6 Å². The fourth-order valence-electron chi connectivity index (χ4n) is 1.60. The van der Waals surface area contributed by atoms with Crippen molar-refractivity contribution in [3.63, 3.8) is 0 Å². The first-order chi connectivity index (χ1) is 9.10. The molecule has 0 amide bonds. The minimum atomic E-state index is -0.548. The van der Waals surface area contributed by atoms with Crippen LogP contribution in [0.25, 0.3) is 0 Å². The van der Waals surface area contributed by atoms with Crippen molar-refractivity contribution in [3.05, 3.63) is 63.3 Å². The van der Waals surface area contributed by atoms with Gasteiger partial charge < -0.3 is 5.32 Å². The van der Waals surface area contributed by atoms with E-state index in [-0.39, 0.29) is 5.82 Å². The average Bonchev–Trinajstić information content (AvgIpc) is 2.41.